The van der Waals surface area contributed by atoms with Crippen molar-refractivity contribution in [2.24, 2.45) is 0 Å². The van der Waals surface area contributed by atoms with E-state index in [4.69, 9.17) is 0 Å². The lowest BCUT2D eigenvalue weighted by molar-refractivity contribution is 0.703. The van der Waals surface area contributed by atoms with Crippen LogP contribution in [0.25, 0.3) is 11.3 Å². The van der Waals surface area contributed by atoms with Crippen LogP contribution in [0.15, 0.2) is 84.7 Å². The third-order valence-electron chi connectivity index (χ3n) is 5.47. The number of hydrogen-bond donors (Lipinski definition) is 0. The van der Waals surface area contributed by atoms with Crippen LogP contribution in [-0.2, 0) is 0 Å². The topological polar surface area (TPSA) is 8.17 Å². The van der Waals surface area contributed by atoms with Gasteiger partial charge in [0.25, 0.3) is 0 Å². The molecule has 114 valence electrons. The summed E-state index contributed by atoms with van der Waals surface area (Å²) >= 11 is 0. The standard InChI is InChI=1S/C22H16N2/c1-2-8-17-15(7-1)16-9-5-12-18(16)24-20-11-4-3-10-19(20)23-14-6-13-21(23)22(17)24/h1-8,10-14,22H,9H2. The van der Waals surface area contributed by atoms with Crippen molar-refractivity contribution in [1.29, 1.82) is 0 Å². The Bertz CT molecular complexity index is 1050. The van der Waals surface area contributed by atoms with E-state index in [1.807, 2.05) is 0 Å². The van der Waals surface area contributed by atoms with Crippen LogP contribution in [0, 0.1) is 0 Å². The van der Waals surface area contributed by atoms with Gasteiger partial charge in [-0.05, 0) is 53.5 Å². The van der Waals surface area contributed by atoms with Gasteiger partial charge in [-0.1, -0.05) is 42.5 Å². The maximum absolute atomic E-state index is 2.53. The first-order valence-electron chi connectivity index (χ1n) is 8.48. The number of para-hydroxylation sites is 2. The van der Waals surface area contributed by atoms with Gasteiger partial charge in [-0.25, -0.2) is 0 Å². The molecule has 2 nitrogen and oxygen atoms in total. The number of fused-ring (bicyclic) bond motifs is 10. The Hall–Kier alpha value is -3.00. The van der Waals surface area contributed by atoms with Gasteiger partial charge >= 0.3 is 0 Å². The van der Waals surface area contributed by atoms with Crippen molar-refractivity contribution in [3.63, 3.8) is 0 Å². The van der Waals surface area contributed by atoms with E-state index >= 15 is 0 Å². The van der Waals surface area contributed by atoms with Crippen molar-refractivity contribution in [2.45, 2.75) is 12.5 Å². The first-order valence-corrected chi connectivity index (χ1v) is 8.48. The summed E-state index contributed by atoms with van der Waals surface area (Å²) in [5.74, 6) is 0. The average molecular weight is 308 g/mol. The Morgan fingerprint density at radius 3 is 2.62 bits per heavy atom. The molecule has 0 N–H and O–H groups in total. The molecule has 1 aliphatic carbocycles. The molecule has 1 atom stereocenters. The highest BCUT2D eigenvalue weighted by molar-refractivity contribution is 5.87. The highest BCUT2D eigenvalue weighted by Gasteiger charge is 2.39. The van der Waals surface area contributed by atoms with Crippen LogP contribution in [-0.4, -0.2) is 4.57 Å². The number of benzene rings is 2. The third kappa shape index (κ3) is 1.37. The molecule has 2 aromatic carbocycles. The zero-order valence-corrected chi connectivity index (χ0v) is 13.2. The van der Waals surface area contributed by atoms with Gasteiger partial charge in [0.2, 0.25) is 0 Å². The van der Waals surface area contributed by atoms with Crippen molar-refractivity contribution in [3.05, 3.63) is 102 Å². The Labute approximate surface area is 141 Å². The molecule has 0 radical (unpaired) electrons. The van der Waals surface area contributed by atoms with E-state index in [1.165, 1.54) is 39.5 Å². The zero-order valence-electron chi connectivity index (χ0n) is 13.2. The highest BCUT2D eigenvalue weighted by Crippen LogP contribution is 2.52. The number of aromatic nitrogens is 1. The molecule has 3 aliphatic rings. The van der Waals surface area contributed by atoms with Gasteiger partial charge in [-0.2, -0.15) is 0 Å². The Morgan fingerprint density at radius 2 is 1.67 bits per heavy atom. The van der Waals surface area contributed by atoms with Gasteiger partial charge in [0.1, 0.15) is 6.04 Å². The molecule has 0 bridgehead atoms. The quantitative estimate of drug-likeness (QED) is 0.563. The maximum atomic E-state index is 2.53. The number of nitrogens with zero attached hydrogens (tertiary/aromatic N) is 2. The number of rotatable bonds is 0. The van der Waals surface area contributed by atoms with E-state index in [2.05, 4.69) is 88.5 Å². The van der Waals surface area contributed by atoms with Gasteiger partial charge < -0.3 is 9.47 Å². The predicted octanol–water partition coefficient (Wildman–Crippen LogP) is 5.07. The zero-order chi connectivity index (χ0) is 15.7. The monoisotopic (exact) mass is 308 g/mol. The summed E-state index contributed by atoms with van der Waals surface area (Å²) in [6.45, 7) is 0. The average Bonchev–Trinajstić information content (AvgIpc) is 3.31. The minimum Gasteiger partial charge on any atom is -0.326 e. The number of anilines is 1. The Morgan fingerprint density at radius 1 is 0.833 bits per heavy atom. The molecule has 2 aliphatic heterocycles. The van der Waals surface area contributed by atoms with E-state index < -0.39 is 0 Å². The first kappa shape index (κ1) is 12.4. The minimum absolute atomic E-state index is 0.243. The van der Waals surface area contributed by atoms with Crippen molar-refractivity contribution in [3.8, 4) is 5.69 Å². The normalized spacial score (nSPS) is 19.5. The van der Waals surface area contributed by atoms with Crippen LogP contribution < -0.4 is 4.90 Å². The van der Waals surface area contributed by atoms with Gasteiger partial charge in [0.15, 0.2) is 0 Å². The summed E-state index contributed by atoms with van der Waals surface area (Å²) in [7, 11) is 0. The summed E-state index contributed by atoms with van der Waals surface area (Å²) in [5, 5.41) is 0. The maximum Gasteiger partial charge on any atom is 0.100 e. The molecule has 0 saturated heterocycles. The number of hydrogen-bond acceptors (Lipinski definition) is 1. The number of allylic oxidation sites excluding steroid dienone is 3. The van der Waals surface area contributed by atoms with E-state index in [0.717, 1.165) is 6.42 Å². The molecule has 3 aromatic rings. The predicted molar refractivity (Wildman–Crippen MR) is 97.2 cm³/mol. The molecule has 0 fully saturated rings. The molecule has 24 heavy (non-hydrogen) atoms. The van der Waals surface area contributed by atoms with Crippen LogP contribution in [0.5, 0.6) is 0 Å². The van der Waals surface area contributed by atoms with Crippen molar-refractivity contribution >= 4 is 11.3 Å². The van der Waals surface area contributed by atoms with Crippen LogP contribution in [0.2, 0.25) is 0 Å². The fourth-order valence-corrected chi connectivity index (χ4v) is 4.52. The minimum atomic E-state index is 0.243. The largest absolute Gasteiger partial charge is 0.326 e. The van der Waals surface area contributed by atoms with Crippen molar-refractivity contribution in [2.75, 3.05) is 4.90 Å². The van der Waals surface area contributed by atoms with E-state index in [1.54, 1.807) is 0 Å². The highest BCUT2D eigenvalue weighted by atomic mass is 15.3. The Balaban J connectivity index is 1.75. The summed E-state index contributed by atoms with van der Waals surface area (Å²) in [4.78, 5) is 2.53. The summed E-state index contributed by atoms with van der Waals surface area (Å²) in [6.07, 6.45) is 7.80. The molecule has 2 heteroatoms. The van der Waals surface area contributed by atoms with Crippen LogP contribution in [0.4, 0.5) is 5.69 Å². The fraction of sp³-hybridized carbons (Fsp3) is 0.0909. The van der Waals surface area contributed by atoms with Crippen LogP contribution in [0.1, 0.15) is 29.3 Å². The first-order chi connectivity index (χ1) is 11.9. The van der Waals surface area contributed by atoms with Crippen LogP contribution in [0.3, 0.4) is 0 Å². The lowest BCUT2D eigenvalue weighted by Crippen LogP contribution is -2.37. The molecule has 6 rings (SSSR count). The lowest BCUT2D eigenvalue weighted by atomic mass is 9.85. The smallest absolute Gasteiger partial charge is 0.100 e. The molecule has 0 spiro atoms. The van der Waals surface area contributed by atoms with Gasteiger partial charge in [0, 0.05) is 11.9 Å². The second-order valence-electron chi connectivity index (χ2n) is 6.62. The SMILES string of the molecule is C1=CC2=C(C1)c1ccccc1C1c3cccn3-c3ccccc3N21. The second kappa shape index (κ2) is 4.30. The molecule has 3 heterocycles. The summed E-state index contributed by atoms with van der Waals surface area (Å²) < 4.78 is 2.34. The molecule has 0 amide bonds. The fourth-order valence-electron chi connectivity index (χ4n) is 4.52. The van der Waals surface area contributed by atoms with E-state index in [0.29, 0.717) is 0 Å². The third-order valence-corrected chi connectivity index (χ3v) is 5.47. The van der Waals surface area contributed by atoms with E-state index in [-0.39, 0.29) is 6.04 Å². The molecule has 1 aromatic heterocycles. The molecule has 1 unspecified atom stereocenters. The lowest BCUT2D eigenvalue weighted by Gasteiger charge is -2.44. The van der Waals surface area contributed by atoms with Crippen molar-refractivity contribution in [1.82, 2.24) is 4.57 Å². The molecular weight excluding hydrogens is 292 g/mol. The molecular formula is C22H16N2. The van der Waals surface area contributed by atoms with E-state index in [9.17, 15) is 0 Å². The van der Waals surface area contributed by atoms with Crippen molar-refractivity contribution < 1.29 is 0 Å². The molecule has 0 saturated carbocycles. The summed E-state index contributed by atoms with van der Waals surface area (Å²) in [6, 6.07) is 22.3. The summed E-state index contributed by atoms with van der Waals surface area (Å²) in [5.41, 5.74) is 9.53. The van der Waals surface area contributed by atoms with Gasteiger partial charge in [0.05, 0.1) is 17.1 Å². The van der Waals surface area contributed by atoms with Crippen LogP contribution >= 0.6 is 0 Å². The second-order valence-corrected chi connectivity index (χ2v) is 6.62. The van der Waals surface area contributed by atoms with Gasteiger partial charge in [-0.3, -0.25) is 0 Å². The Kier molecular flexibility index (Phi) is 2.22. The van der Waals surface area contributed by atoms with Gasteiger partial charge in [-0.15, -0.1) is 0 Å².